The number of hydrogen-bond donors (Lipinski definition) is 4. The van der Waals surface area contributed by atoms with Gasteiger partial charge >= 0.3 is 0 Å². The van der Waals surface area contributed by atoms with E-state index in [1.807, 2.05) is 0 Å². The van der Waals surface area contributed by atoms with Crippen LogP contribution >= 0.6 is 0 Å². The van der Waals surface area contributed by atoms with Gasteiger partial charge in [0, 0.05) is 31.0 Å². The van der Waals surface area contributed by atoms with Gasteiger partial charge in [0.05, 0.1) is 6.17 Å². The van der Waals surface area contributed by atoms with Gasteiger partial charge in [0.15, 0.2) is 0 Å². The molecule has 7 nitrogen and oxygen atoms in total. The van der Waals surface area contributed by atoms with E-state index in [4.69, 9.17) is 15.3 Å². The lowest BCUT2D eigenvalue weighted by Crippen LogP contribution is -2.44. The number of aliphatic imine (C=N–C) groups is 1. The Morgan fingerprint density at radius 1 is 1.29 bits per heavy atom. The van der Waals surface area contributed by atoms with E-state index < -0.39 is 5.91 Å². The first-order chi connectivity index (χ1) is 14.6. The minimum absolute atomic E-state index is 0.0655. The summed E-state index contributed by atoms with van der Waals surface area (Å²) in [5, 5.41) is 19.2. The Morgan fingerprint density at radius 2 is 1.94 bits per heavy atom. The molecule has 1 rings (SSSR count). The summed E-state index contributed by atoms with van der Waals surface area (Å²) in [4.78, 5) is 18.7. The maximum absolute atomic E-state index is 11.5. The molecule has 0 aromatic carbocycles. The van der Waals surface area contributed by atoms with E-state index in [-0.39, 0.29) is 12.2 Å². The van der Waals surface area contributed by atoms with Gasteiger partial charge < -0.3 is 10.0 Å². The number of hydrogen-bond acceptors (Lipinski definition) is 5. The van der Waals surface area contributed by atoms with Crippen molar-refractivity contribution >= 4 is 11.7 Å². The summed E-state index contributed by atoms with van der Waals surface area (Å²) in [6.07, 6.45) is 12.2. The fourth-order valence-corrected chi connectivity index (χ4v) is 3.85. The van der Waals surface area contributed by atoms with Crippen LogP contribution in [-0.4, -0.2) is 52.8 Å². The Labute approximate surface area is 189 Å². The number of aliphatic hydroxyl groups excluding tert-OH is 1. The van der Waals surface area contributed by atoms with Crippen LogP contribution in [-0.2, 0) is 4.79 Å². The number of amides is 1. The lowest BCUT2D eigenvalue weighted by molar-refractivity contribution is -0.124. The summed E-state index contributed by atoms with van der Waals surface area (Å²) in [6.45, 7) is 16.3. The fraction of sp³-hybridized carbons (Fsp3) is 0.667. The monoisotopic (exact) mass is 436 g/mol. The minimum Gasteiger partial charge on any atom is -0.400 e. The average molecular weight is 437 g/mol. The molecule has 0 aromatic rings. The van der Waals surface area contributed by atoms with E-state index in [1.165, 1.54) is 6.08 Å². The third-order valence-electron chi connectivity index (χ3n) is 4.73. The quantitative estimate of drug-likeness (QED) is 0.249. The fourth-order valence-electron chi connectivity index (χ4n) is 3.85. The summed E-state index contributed by atoms with van der Waals surface area (Å²) in [7, 11) is 1.00. The molecular formula is C24H44N4O3. The van der Waals surface area contributed by atoms with Crippen molar-refractivity contribution in [2.75, 3.05) is 13.7 Å². The number of hydroxylamine groups is 1. The Balaban J connectivity index is 0.00000436. The molecule has 3 atom stereocenters. The first kappa shape index (κ1) is 29.0. The molecule has 0 aromatic heterocycles. The van der Waals surface area contributed by atoms with E-state index in [2.05, 4.69) is 77.0 Å². The van der Waals surface area contributed by atoms with Crippen molar-refractivity contribution in [2.45, 2.75) is 79.9 Å². The van der Waals surface area contributed by atoms with Crippen LogP contribution in [0.5, 0.6) is 0 Å². The molecule has 0 spiro atoms. The number of nitrogens with zero attached hydrogens (tertiary/aromatic N) is 2. The highest BCUT2D eigenvalue weighted by atomic mass is 16.5. The van der Waals surface area contributed by atoms with Crippen LogP contribution in [0.1, 0.15) is 67.7 Å². The molecule has 7 heteroatoms. The molecule has 1 aliphatic rings. The molecule has 0 radical (unpaired) electrons. The van der Waals surface area contributed by atoms with Gasteiger partial charge in [-0.3, -0.25) is 20.3 Å². The van der Waals surface area contributed by atoms with Gasteiger partial charge in [0.1, 0.15) is 5.84 Å². The highest BCUT2D eigenvalue weighted by Gasteiger charge is 2.22. The molecule has 1 aliphatic heterocycles. The predicted molar refractivity (Wildman–Crippen MR) is 129 cm³/mol. The smallest absolute Gasteiger partial charge is 0.267 e. The molecular weight excluding hydrogens is 392 g/mol. The lowest BCUT2D eigenvalue weighted by atomic mass is 9.83. The van der Waals surface area contributed by atoms with Crippen molar-refractivity contribution in [1.82, 2.24) is 15.7 Å². The number of amidine groups is 1. The topological polar surface area (TPSA) is 97.2 Å². The predicted octanol–water partition coefficient (Wildman–Crippen LogP) is 4.01. The number of carbonyl (C=O) groups is 1. The molecule has 0 fully saturated rings. The van der Waals surface area contributed by atoms with Crippen molar-refractivity contribution in [3.63, 3.8) is 0 Å². The van der Waals surface area contributed by atoms with Crippen LogP contribution < -0.4 is 10.8 Å². The van der Waals surface area contributed by atoms with Crippen LogP contribution in [0, 0.1) is 11.3 Å². The van der Waals surface area contributed by atoms with Crippen LogP contribution in [0.2, 0.25) is 0 Å². The molecule has 0 aliphatic carbocycles. The van der Waals surface area contributed by atoms with E-state index in [0.29, 0.717) is 11.3 Å². The summed E-state index contributed by atoms with van der Waals surface area (Å²) >= 11 is 0. The molecule has 0 bridgehead atoms. The Morgan fingerprint density at radius 3 is 2.48 bits per heavy atom. The van der Waals surface area contributed by atoms with Gasteiger partial charge in [0.2, 0.25) is 0 Å². The highest BCUT2D eigenvalue weighted by molar-refractivity contribution is 6.03. The SMILES string of the molecule is CCNC(C)N1C=CCC=C(/C=C/C(=O)NO)C1=NC(C)CC(C)CC(C)(C)C.CO. The Kier molecular flexibility index (Phi) is 14.0. The zero-order valence-electron chi connectivity index (χ0n) is 20.6. The maximum Gasteiger partial charge on any atom is 0.267 e. The zero-order chi connectivity index (χ0) is 24.0. The first-order valence-corrected chi connectivity index (χ1v) is 11.1. The second-order valence-electron chi connectivity index (χ2n) is 9.14. The van der Waals surface area contributed by atoms with E-state index in [1.54, 1.807) is 11.6 Å². The van der Waals surface area contributed by atoms with Crippen LogP contribution in [0.3, 0.4) is 0 Å². The van der Waals surface area contributed by atoms with Crippen LogP contribution in [0.25, 0.3) is 0 Å². The van der Waals surface area contributed by atoms with E-state index in [0.717, 1.165) is 44.3 Å². The zero-order valence-corrected chi connectivity index (χ0v) is 20.6. The van der Waals surface area contributed by atoms with Crippen molar-refractivity contribution in [3.05, 3.63) is 36.1 Å². The van der Waals surface area contributed by atoms with Crippen molar-refractivity contribution in [3.8, 4) is 0 Å². The largest absolute Gasteiger partial charge is 0.400 e. The number of nitrogens with one attached hydrogen (secondary N) is 2. The Hall–Kier alpha value is -1.96. The number of carbonyl (C=O) groups excluding carboxylic acids is 1. The van der Waals surface area contributed by atoms with Crippen LogP contribution in [0.15, 0.2) is 41.1 Å². The second-order valence-corrected chi connectivity index (χ2v) is 9.14. The Bertz CT molecular complexity index is 648. The van der Waals surface area contributed by atoms with Gasteiger partial charge in [-0.2, -0.15) is 0 Å². The normalized spacial score (nSPS) is 18.7. The van der Waals surface area contributed by atoms with E-state index in [9.17, 15) is 4.79 Å². The summed E-state index contributed by atoms with van der Waals surface area (Å²) in [5.41, 5.74) is 2.82. The summed E-state index contributed by atoms with van der Waals surface area (Å²) < 4.78 is 0. The molecule has 0 saturated heterocycles. The van der Waals surface area contributed by atoms with Gasteiger partial charge in [-0.25, -0.2) is 5.48 Å². The highest BCUT2D eigenvalue weighted by Crippen LogP contribution is 2.27. The van der Waals surface area contributed by atoms with Crippen molar-refractivity contribution in [2.24, 2.45) is 16.3 Å². The molecule has 1 heterocycles. The summed E-state index contributed by atoms with van der Waals surface area (Å²) in [5.74, 6) is 0.851. The van der Waals surface area contributed by atoms with Gasteiger partial charge in [-0.15, -0.1) is 0 Å². The third kappa shape index (κ3) is 11.9. The first-order valence-electron chi connectivity index (χ1n) is 11.1. The van der Waals surface area contributed by atoms with Crippen LogP contribution in [0.4, 0.5) is 0 Å². The summed E-state index contributed by atoms with van der Waals surface area (Å²) in [6, 6.07) is 0.147. The third-order valence-corrected chi connectivity index (χ3v) is 4.73. The van der Waals surface area contributed by atoms with Gasteiger partial charge in [0.25, 0.3) is 5.91 Å². The maximum atomic E-state index is 11.5. The minimum atomic E-state index is -0.555. The average Bonchev–Trinajstić information content (AvgIpc) is 2.88. The standard InChI is InChI=1S/C23H40N4O2.CH4O/c1-8-24-19(4)27-14-10-9-11-20(12-13-21(28)26-29)22(27)25-18(3)15-17(2)16-23(5,6)7;1-2/h10-14,17-19,24,29H,8-9,15-16H2,1-7H3,(H,26,28);2H,1H3/b13-12+,25-22?;. The van der Waals surface area contributed by atoms with Crippen molar-refractivity contribution < 1.29 is 15.1 Å². The second kappa shape index (κ2) is 14.9. The number of rotatable bonds is 9. The van der Waals surface area contributed by atoms with Crippen molar-refractivity contribution in [1.29, 1.82) is 0 Å². The molecule has 4 N–H and O–H groups in total. The number of aliphatic hydroxyl groups is 1. The lowest BCUT2D eigenvalue weighted by Gasteiger charge is -2.31. The molecule has 3 unspecified atom stereocenters. The molecule has 178 valence electrons. The molecule has 0 saturated carbocycles. The molecule has 1 amide bonds. The van der Waals surface area contributed by atoms with Gasteiger partial charge in [-0.1, -0.05) is 46.8 Å². The van der Waals surface area contributed by atoms with Gasteiger partial charge in [-0.05, 0) is 57.1 Å². The number of allylic oxidation sites excluding steroid dienone is 2. The molecule has 31 heavy (non-hydrogen) atoms. The van der Waals surface area contributed by atoms with E-state index >= 15 is 0 Å².